The summed E-state index contributed by atoms with van der Waals surface area (Å²) in [6.45, 7) is 3.35. The lowest BCUT2D eigenvalue weighted by atomic mass is 10.00. The molecule has 7 nitrogen and oxygen atoms in total. The van der Waals surface area contributed by atoms with Crippen LogP contribution in [0.4, 0.5) is 15.3 Å². The maximum absolute atomic E-state index is 12.8. The van der Waals surface area contributed by atoms with Crippen LogP contribution in [0.1, 0.15) is 43.7 Å². The molecule has 0 aliphatic carbocycles. The van der Waals surface area contributed by atoms with Crippen LogP contribution in [-0.2, 0) is 17.8 Å². The van der Waals surface area contributed by atoms with Crippen molar-refractivity contribution in [3.63, 3.8) is 0 Å². The summed E-state index contributed by atoms with van der Waals surface area (Å²) < 4.78 is 5.78. The summed E-state index contributed by atoms with van der Waals surface area (Å²) in [5, 5.41) is 4.61. The highest BCUT2D eigenvalue weighted by Gasteiger charge is 2.31. The lowest BCUT2D eigenvalue weighted by Gasteiger charge is -2.19. The van der Waals surface area contributed by atoms with Gasteiger partial charge in [-0.25, -0.2) is 4.79 Å². The van der Waals surface area contributed by atoms with Gasteiger partial charge in [-0.1, -0.05) is 80.4 Å². The van der Waals surface area contributed by atoms with Gasteiger partial charge in [0.2, 0.25) is 5.91 Å². The number of thioether (sulfide) groups is 1. The molecule has 0 spiro atoms. The van der Waals surface area contributed by atoms with E-state index in [4.69, 9.17) is 4.74 Å². The number of carbonyl (C=O) groups is 3. The minimum atomic E-state index is -0.375. The van der Waals surface area contributed by atoms with Gasteiger partial charge in [-0.2, -0.15) is 0 Å². The zero-order chi connectivity index (χ0) is 27.6. The monoisotopic (exact) mass is 545 g/mol. The molecule has 8 heteroatoms. The van der Waals surface area contributed by atoms with E-state index in [-0.39, 0.29) is 22.4 Å². The van der Waals surface area contributed by atoms with Gasteiger partial charge in [0.1, 0.15) is 5.75 Å². The fourth-order valence-corrected chi connectivity index (χ4v) is 5.20. The van der Waals surface area contributed by atoms with Gasteiger partial charge in [0.25, 0.3) is 5.24 Å². The van der Waals surface area contributed by atoms with Crippen molar-refractivity contribution in [2.75, 3.05) is 19.0 Å². The highest BCUT2D eigenvalue weighted by molar-refractivity contribution is 8.15. The molecular weight excluding hydrogens is 510 g/mol. The molecule has 0 radical (unpaired) electrons. The third kappa shape index (κ3) is 8.35. The predicted octanol–water partition coefficient (Wildman–Crippen LogP) is 6.87. The van der Waals surface area contributed by atoms with Crippen LogP contribution in [0.2, 0.25) is 0 Å². The highest BCUT2D eigenvalue weighted by atomic mass is 32.2. The minimum absolute atomic E-state index is 0.190. The fraction of sp³-hybridized carbons (Fsp3) is 0.323. The molecule has 0 bridgehead atoms. The number of imide groups is 1. The number of rotatable bonds is 12. The Morgan fingerprint density at radius 1 is 0.949 bits per heavy atom. The van der Waals surface area contributed by atoms with Gasteiger partial charge in [-0.05, 0) is 65.4 Å². The number of amides is 4. The Balaban J connectivity index is 1.28. The van der Waals surface area contributed by atoms with Crippen LogP contribution in [0.25, 0.3) is 11.1 Å². The van der Waals surface area contributed by atoms with Crippen molar-refractivity contribution in [2.45, 2.75) is 50.8 Å². The van der Waals surface area contributed by atoms with E-state index in [1.807, 2.05) is 66.7 Å². The number of carbonyl (C=O) groups excluding carboxylic acids is 3. The lowest BCUT2D eigenvalue weighted by molar-refractivity contribution is -0.118. The standard InChI is InChI=1S/C31H35N3O4S/c1-3-4-5-6-18-38-27-16-14-26(15-17-27)32-30(36)34(2)21-23-8-7-9-25(19-23)24-12-10-22(11-13-24)20-28-29(35)33-31(37)39-28/h7-17,19,28H,3-6,18,20-21H2,1-2H3,(H,32,36)(H,33,35,37). The number of urea groups is 1. The zero-order valence-corrected chi connectivity index (χ0v) is 23.3. The minimum Gasteiger partial charge on any atom is -0.494 e. The van der Waals surface area contributed by atoms with Crippen molar-refractivity contribution in [1.82, 2.24) is 10.2 Å². The van der Waals surface area contributed by atoms with Crippen molar-refractivity contribution in [3.05, 3.63) is 83.9 Å². The van der Waals surface area contributed by atoms with Gasteiger partial charge < -0.3 is 15.0 Å². The van der Waals surface area contributed by atoms with Gasteiger partial charge in [0, 0.05) is 19.3 Å². The van der Waals surface area contributed by atoms with Crippen molar-refractivity contribution in [1.29, 1.82) is 0 Å². The Kier molecular flexibility index (Phi) is 10.0. The molecular formula is C31H35N3O4S. The lowest BCUT2D eigenvalue weighted by Crippen LogP contribution is -2.30. The highest BCUT2D eigenvalue weighted by Crippen LogP contribution is 2.26. The molecule has 1 atom stereocenters. The predicted molar refractivity (Wildman–Crippen MR) is 157 cm³/mol. The first-order valence-electron chi connectivity index (χ1n) is 13.4. The Morgan fingerprint density at radius 2 is 1.72 bits per heavy atom. The maximum atomic E-state index is 12.8. The van der Waals surface area contributed by atoms with Crippen LogP contribution < -0.4 is 15.4 Å². The van der Waals surface area contributed by atoms with E-state index in [9.17, 15) is 14.4 Å². The number of nitrogens with zero attached hydrogens (tertiary/aromatic N) is 1. The maximum Gasteiger partial charge on any atom is 0.321 e. The second-order valence-corrected chi connectivity index (χ2v) is 10.9. The number of benzene rings is 3. The Hall–Kier alpha value is -3.78. The second kappa shape index (κ2) is 13.8. The first-order chi connectivity index (χ1) is 18.9. The summed E-state index contributed by atoms with van der Waals surface area (Å²) in [6.07, 6.45) is 5.17. The van der Waals surface area contributed by atoms with Gasteiger partial charge in [0.15, 0.2) is 0 Å². The molecule has 4 rings (SSSR count). The Labute approximate surface area is 234 Å². The van der Waals surface area contributed by atoms with E-state index in [2.05, 4.69) is 23.6 Å². The van der Waals surface area contributed by atoms with E-state index in [0.717, 1.165) is 51.9 Å². The van der Waals surface area contributed by atoms with Crippen molar-refractivity contribution in [3.8, 4) is 16.9 Å². The summed E-state index contributed by atoms with van der Waals surface area (Å²) >= 11 is 1.04. The normalized spacial score (nSPS) is 14.7. The largest absolute Gasteiger partial charge is 0.494 e. The third-order valence-corrected chi connectivity index (χ3v) is 7.52. The molecule has 0 saturated carbocycles. The number of hydrogen-bond donors (Lipinski definition) is 2. The molecule has 39 heavy (non-hydrogen) atoms. The number of unbranched alkanes of at least 4 members (excludes halogenated alkanes) is 3. The van der Waals surface area contributed by atoms with Gasteiger partial charge in [0.05, 0.1) is 11.9 Å². The number of nitrogens with one attached hydrogen (secondary N) is 2. The molecule has 0 aromatic heterocycles. The van der Waals surface area contributed by atoms with Crippen LogP contribution in [0, 0.1) is 0 Å². The van der Waals surface area contributed by atoms with Gasteiger partial charge in [-0.3, -0.25) is 14.9 Å². The van der Waals surface area contributed by atoms with Crippen LogP contribution in [0.5, 0.6) is 5.75 Å². The van der Waals surface area contributed by atoms with Crippen LogP contribution in [0.3, 0.4) is 0 Å². The summed E-state index contributed by atoms with van der Waals surface area (Å²) in [6, 6.07) is 23.4. The molecule has 1 saturated heterocycles. The quantitative estimate of drug-likeness (QED) is 0.243. The summed E-state index contributed by atoms with van der Waals surface area (Å²) in [7, 11) is 1.77. The van der Waals surface area contributed by atoms with E-state index in [1.165, 1.54) is 19.3 Å². The molecule has 2 N–H and O–H groups in total. The van der Waals surface area contributed by atoms with E-state index >= 15 is 0 Å². The summed E-state index contributed by atoms with van der Waals surface area (Å²) in [5.41, 5.74) is 4.82. The molecule has 1 fully saturated rings. The number of hydrogen-bond acceptors (Lipinski definition) is 5. The molecule has 1 unspecified atom stereocenters. The summed E-state index contributed by atoms with van der Waals surface area (Å²) in [4.78, 5) is 37.7. The Bertz CT molecular complexity index is 1280. The average Bonchev–Trinajstić information content (AvgIpc) is 3.26. The van der Waals surface area contributed by atoms with Gasteiger partial charge in [-0.15, -0.1) is 0 Å². The first-order valence-corrected chi connectivity index (χ1v) is 14.2. The third-order valence-electron chi connectivity index (χ3n) is 6.54. The van der Waals surface area contributed by atoms with Crippen LogP contribution >= 0.6 is 11.8 Å². The first kappa shape index (κ1) is 28.2. The van der Waals surface area contributed by atoms with Crippen molar-refractivity contribution in [2.24, 2.45) is 0 Å². The van der Waals surface area contributed by atoms with E-state index in [0.29, 0.717) is 19.6 Å². The van der Waals surface area contributed by atoms with Crippen molar-refractivity contribution < 1.29 is 19.1 Å². The smallest absolute Gasteiger partial charge is 0.321 e. The average molecular weight is 546 g/mol. The molecule has 1 heterocycles. The van der Waals surface area contributed by atoms with Crippen molar-refractivity contribution >= 4 is 34.6 Å². The van der Waals surface area contributed by atoms with Gasteiger partial charge >= 0.3 is 6.03 Å². The van der Waals surface area contributed by atoms with E-state index < -0.39 is 0 Å². The number of ether oxygens (including phenoxy) is 1. The summed E-state index contributed by atoms with van der Waals surface area (Å²) in [5.74, 6) is 0.579. The molecule has 1 aliphatic rings. The SMILES string of the molecule is CCCCCCOc1ccc(NC(=O)N(C)Cc2cccc(-c3ccc(CC4SC(=O)NC4=O)cc3)c2)cc1. The fourth-order valence-electron chi connectivity index (χ4n) is 4.34. The second-order valence-electron chi connectivity index (χ2n) is 9.70. The molecule has 1 aliphatic heterocycles. The topological polar surface area (TPSA) is 87.7 Å². The van der Waals surface area contributed by atoms with E-state index in [1.54, 1.807) is 11.9 Å². The Morgan fingerprint density at radius 3 is 2.41 bits per heavy atom. The van der Waals surface area contributed by atoms with Crippen LogP contribution in [0.15, 0.2) is 72.8 Å². The van der Waals surface area contributed by atoms with Crippen LogP contribution in [-0.4, -0.2) is 41.0 Å². The molecule has 4 amide bonds. The zero-order valence-electron chi connectivity index (χ0n) is 22.4. The number of anilines is 1. The molecule has 3 aromatic carbocycles. The molecule has 3 aromatic rings. The molecule has 204 valence electrons.